The van der Waals surface area contributed by atoms with Crippen molar-refractivity contribution in [2.24, 2.45) is 0 Å². The van der Waals surface area contributed by atoms with Gasteiger partial charge in [0.25, 0.3) is 0 Å². The van der Waals surface area contributed by atoms with Crippen molar-refractivity contribution in [2.45, 2.75) is 6.92 Å². The maximum atomic E-state index is 12.4. The van der Waals surface area contributed by atoms with Crippen LogP contribution in [0.4, 0.5) is 16.2 Å². The summed E-state index contributed by atoms with van der Waals surface area (Å²) in [6, 6.07) is 13.2. The van der Waals surface area contributed by atoms with E-state index in [1.54, 1.807) is 59.2 Å². The molecule has 4 aromatic rings. The molecule has 0 radical (unpaired) electrons. The first-order valence-corrected chi connectivity index (χ1v) is 10.3. The van der Waals surface area contributed by atoms with Crippen LogP contribution in [0.1, 0.15) is 17.3 Å². The monoisotopic (exact) mass is 461 g/mol. The number of carbonyl (C=O) groups is 2. The Morgan fingerprint density at radius 3 is 2.24 bits per heavy atom. The number of ketones is 1. The van der Waals surface area contributed by atoms with Gasteiger partial charge in [0.2, 0.25) is 5.75 Å². The molecule has 0 fully saturated rings. The number of benzene rings is 2. The van der Waals surface area contributed by atoms with Gasteiger partial charge in [0, 0.05) is 16.8 Å². The summed E-state index contributed by atoms with van der Waals surface area (Å²) in [6.45, 7) is 1.47. The molecule has 2 aromatic heterocycles. The Morgan fingerprint density at radius 2 is 1.59 bits per heavy atom. The third-order valence-electron chi connectivity index (χ3n) is 5.04. The van der Waals surface area contributed by atoms with Gasteiger partial charge in [-0.15, -0.1) is 5.10 Å². The fourth-order valence-electron chi connectivity index (χ4n) is 3.40. The van der Waals surface area contributed by atoms with E-state index in [1.165, 1.54) is 28.3 Å². The molecule has 2 amide bonds. The maximum Gasteiger partial charge on any atom is 0.323 e. The van der Waals surface area contributed by atoms with E-state index in [-0.39, 0.29) is 5.78 Å². The van der Waals surface area contributed by atoms with Crippen molar-refractivity contribution in [3.63, 3.8) is 0 Å². The average molecular weight is 461 g/mol. The summed E-state index contributed by atoms with van der Waals surface area (Å²) in [7, 11) is 4.61. The molecule has 10 heteroatoms. The van der Waals surface area contributed by atoms with Gasteiger partial charge in [-0.05, 0) is 43.3 Å². The van der Waals surface area contributed by atoms with Crippen LogP contribution in [0.15, 0.2) is 54.7 Å². The van der Waals surface area contributed by atoms with Crippen LogP contribution in [-0.4, -0.2) is 47.7 Å². The molecule has 0 atom stereocenters. The van der Waals surface area contributed by atoms with Crippen LogP contribution in [-0.2, 0) is 0 Å². The highest BCUT2D eigenvalue weighted by molar-refractivity contribution is 6.01. The summed E-state index contributed by atoms with van der Waals surface area (Å²) in [5, 5.41) is 9.98. The predicted octanol–water partition coefficient (Wildman–Crippen LogP) is 4.27. The van der Waals surface area contributed by atoms with Crippen molar-refractivity contribution in [1.82, 2.24) is 14.6 Å². The number of pyridine rings is 1. The molecule has 4 rings (SSSR count). The van der Waals surface area contributed by atoms with E-state index >= 15 is 0 Å². The van der Waals surface area contributed by atoms with Crippen molar-refractivity contribution in [2.75, 3.05) is 32.0 Å². The molecule has 2 N–H and O–H groups in total. The number of ether oxygens (including phenoxy) is 3. The van der Waals surface area contributed by atoms with E-state index in [0.29, 0.717) is 51.2 Å². The van der Waals surface area contributed by atoms with E-state index in [1.807, 2.05) is 0 Å². The Kier molecular flexibility index (Phi) is 6.30. The normalized spacial score (nSPS) is 10.6. The van der Waals surface area contributed by atoms with E-state index in [9.17, 15) is 9.59 Å². The Hall–Kier alpha value is -4.60. The minimum absolute atomic E-state index is 0.0800. The third-order valence-corrected chi connectivity index (χ3v) is 5.04. The van der Waals surface area contributed by atoms with Crippen LogP contribution < -0.4 is 24.8 Å². The zero-order valence-corrected chi connectivity index (χ0v) is 19.1. The molecule has 0 saturated carbocycles. The predicted molar refractivity (Wildman–Crippen MR) is 127 cm³/mol. The average Bonchev–Trinajstić information content (AvgIpc) is 3.26. The molecule has 2 heterocycles. The van der Waals surface area contributed by atoms with Crippen LogP contribution in [0, 0.1) is 0 Å². The number of anilines is 2. The van der Waals surface area contributed by atoms with Gasteiger partial charge >= 0.3 is 6.03 Å². The molecule has 0 unspecified atom stereocenters. The van der Waals surface area contributed by atoms with E-state index < -0.39 is 6.03 Å². The fourth-order valence-corrected chi connectivity index (χ4v) is 3.40. The van der Waals surface area contributed by atoms with E-state index in [0.717, 1.165) is 0 Å². The summed E-state index contributed by atoms with van der Waals surface area (Å²) in [6.07, 6.45) is 1.65. The van der Waals surface area contributed by atoms with Gasteiger partial charge in [0.05, 0.1) is 33.2 Å². The summed E-state index contributed by atoms with van der Waals surface area (Å²) in [5.41, 5.74) is 2.80. The van der Waals surface area contributed by atoms with Gasteiger partial charge in [-0.1, -0.05) is 12.1 Å². The van der Waals surface area contributed by atoms with Gasteiger partial charge in [-0.3, -0.25) is 4.79 Å². The second kappa shape index (κ2) is 9.49. The molecule has 10 nitrogen and oxygen atoms in total. The molecule has 0 bridgehead atoms. The Morgan fingerprint density at radius 1 is 0.882 bits per heavy atom. The number of Topliss-reactive ketones (excluding diaryl/α,β-unsaturated/α-hetero) is 1. The summed E-state index contributed by atoms with van der Waals surface area (Å²) in [5.74, 6) is 1.82. The number of fused-ring (bicyclic) bond motifs is 1. The minimum atomic E-state index is -0.454. The van der Waals surface area contributed by atoms with Crippen molar-refractivity contribution < 1.29 is 23.8 Å². The standard InChI is InChI=1S/C24H23N5O5/c1-14(30)15-6-5-7-17(10-15)25-24(31)26-18-8-9-21-27-23(28-29(21)13-18)16-11-19(32-2)22(34-4)20(12-16)33-3/h5-13H,1-4H3,(H2,25,26,31). The number of urea groups is 1. The fraction of sp³-hybridized carbons (Fsp3) is 0.167. The number of amides is 2. The summed E-state index contributed by atoms with van der Waals surface area (Å²) >= 11 is 0. The van der Waals surface area contributed by atoms with Crippen molar-refractivity contribution >= 4 is 28.8 Å². The van der Waals surface area contributed by atoms with Gasteiger partial charge in [-0.25, -0.2) is 14.3 Å². The molecule has 2 aromatic carbocycles. The first kappa shape index (κ1) is 22.6. The molecule has 34 heavy (non-hydrogen) atoms. The van der Waals surface area contributed by atoms with Crippen LogP contribution >= 0.6 is 0 Å². The van der Waals surface area contributed by atoms with Crippen LogP contribution in [0.2, 0.25) is 0 Å². The van der Waals surface area contributed by atoms with Gasteiger partial charge < -0.3 is 24.8 Å². The highest BCUT2D eigenvalue weighted by atomic mass is 16.5. The smallest absolute Gasteiger partial charge is 0.323 e. The lowest BCUT2D eigenvalue weighted by molar-refractivity contribution is 0.101. The molecule has 0 aliphatic rings. The number of hydrogen-bond donors (Lipinski definition) is 2. The first-order valence-electron chi connectivity index (χ1n) is 10.3. The van der Waals surface area contributed by atoms with Crippen LogP contribution in [0.5, 0.6) is 17.2 Å². The summed E-state index contributed by atoms with van der Waals surface area (Å²) in [4.78, 5) is 28.5. The number of nitrogens with one attached hydrogen (secondary N) is 2. The number of methoxy groups -OCH3 is 3. The zero-order chi connectivity index (χ0) is 24.2. The SMILES string of the molecule is COc1cc(-c2nc3ccc(NC(=O)Nc4cccc(C(C)=O)c4)cn3n2)cc(OC)c1OC. The number of nitrogens with zero attached hydrogens (tertiary/aromatic N) is 3. The van der Waals surface area contributed by atoms with Crippen molar-refractivity contribution in [3.8, 4) is 28.6 Å². The lowest BCUT2D eigenvalue weighted by Crippen LogP contribution is -2.19. The topological polar surface area (TPSA) is 116 Å². The van der Waals surface area contributed by atoms with Gasteiger partial charge in [0.1, 0.15) is 0 Å². The molecular weight excluding hydrogens is 438 g/mol. The maximum absolute atomic E-state index is 12.4. The Balaban J connectivity index is 1.56. The lowest BCUT2D eigenvalue weighted by Gasteiger charge is -2.12. The highest BCUT2D eigenvalue weighted by Crippen LogP contribution is 2.40. The Labute approximate surface area is 195 Å². The number of rotatable bonds is 7. The largest absolute Gasteiger partial charge is 0.493 e. The van der Waals surface area contributed by atoms with Crippen molar-refractivity contribution in [1.29, 1.82) is 0 Å². The van der Waals surface area contributed by atoms with Crippen LogP contribution in [0.25, 0.3) is 17.0 Å². The molecule has 0 aliphatic carbocycles. The van der Waals surface area contributed by atoms with E-state index in [2.05, 4.69) is 20.7 Å². The van der Waals surface area contributed by atoms with Crippen molar-refractivity contribution in [3.05, 3.63) is 60.3 Å². The number of carbonyl (C=O) groups excluding carboxylic acids is 2. The van der Waals surface area contributed by atoms with Gasteiger partial charge in [0.15, 0.2) is 28.8 Å². The lowest BCUT2D eigenvalue weighted by atomic mass is 10.1. The zero-order valence-electron chi connectivity index (χ0n) is 19.1. The Bertz CT molecular complexity index is 1360. The number of aromatic nitrogens is 3. The molecular formula is C24H23N5O5. The molecule has 0 saturated heterocycles. The third kappa shape index (κ3) is 4.60. The van der Waals surface area contributed by atoms with E-state index in [4.69, 9.17) is 14.2 Å². The molecule has 0 spiro atoms. The molecule has 0 aliphatic heterocycles. The second-order valence-corrected chi connectivity index (χ2v) is 7.29. The quantitative estimate of drug-likeness (QED) is 0.395. The highest BCUT2D eigenvalue weighted by Gasteiger charge is 2.17. The van der Waals surface area contributed by atoms with Crippen LogP contribution in [0.3, 0.4) is 0 Å². The number of hydrogen-bond acceptors (Lipinski definition) is 7. The molecule has 174 valence electrons. The van der Waals surface area contributed by atoms with Gasteiger partial charge in [-0.2, -0.15) is 0 Å². The minimum Gasteiger partial charge on any atom is -0.493 e. The summed E-state index contributed by atoms with van der Waals surface area (Å²) < 4.78 is 17.7. The second-order valence-electron chi connectivity index (χ2n) is 7.29. The first-order chi connectivity index (χ1) is 16.4.